The molecule has 0 radical (unpaired) electrons. The molecule has 3 aromatic carbocycles. The van der Waals surface area contributed by atoms with Gasteiger partial charge in [-0.15, -0.1) is 0 Å². The lowest BCUT2D eigenvalue weighted by Crippen LogP contribution is -2.52. The van der Waals surface area contributed by atoms with Gasteiger partial charge in [-0.1, -0.05) is 67.8 Å². The number of nitrogens with one attached hydrogen (secondary N) is 1. The number of sulfonamides is 1. The number of ether oxygens (including phenoxy) is 1. The Kier molecular flexibility index (Phi) is 12.2. The lowest BCUT2D eigenvalue weighted by atomic mass is 10.1. The number of nitrogens with zero attached hydrogens (tertiary/aromatic N) is 2. The number of unbranched alkanes of at least 4 members (excludes halogenated alkanes) is 1. The number of halogens is 1. The standard InChI is InChI=1S/C32H40ClN3O5S/c1-5-8-21-34-32(38)30(6-2)35(22-25-11-9-10-12-29(25)33)31(37)23-36(26-15-17-27(18-16-26)41-7-3)42(39,40)28-19-13-24(4)14-20-28/h9-20,30H,5-8,21-23H2,1-4H3,(H,34,38)/t30-/m1/s1. The fourth-order valence-corrected chi connectivity index (χ4v) is 6.09. The zero-order valence-corrected chi connectivity index (χ0v) is 26.2. The summed E-state index contributed by atoms with van der Waals surface area (Å²) in [6.07, 6.45) is 2.05. The molecule has 0 unspecified atom stereocenters. The van der Waals surface area contributed by atoms with Gasteiger partial charge in [0.2, 0.25) is 11.8 Å². The topological polar surface area (TPSA) is 96.0 Å². The fraction of sp³-hybridized carbons (Fsp3) is 0.375. The number of anilines is 1. The predicted molar refractivity (Wildman–Crippen MR) is 167 cm³/mol. The second-order valence-electron chi connectivity index (χ2n) is 9.93. The second-order valence-corrected chi connectivity index (χ2v) is 12.2. The number of carbonyl (C=O) groups is 2. The Labute approximate surface area is 254 Å². The molecule has 0 bridgehead atoms. The molecule has 0 spiro atoms. The average molecular weight is 614 g/mol. The van der Waals surface area contributed by atoms with Crippen LogP contribution in [-0.4, -0.2) is 50.9 Å². The summed E-state index contributed by atoms with van der Waals surface area (Å²) in [5, 5.41) is 3.37. The van der Waals surface area contributed by atoms with Crippen LogP contribution in [0, 0.1) is 6.92 Å². The molecule has 1 N–H and O–H groups in total. The van der Waals surface area contributed by atoms with E-state index in [0.29, 0.717) is 41.6 Å². The Morgan fingerprint density at radius 1 is 0.952 bits per heavy atom. The van der Waals surface area contributed by atoms with E-state index in [-0.39, 0.29) is 17.3 Å². The number of aryl methyl sites for hydroxylation is 1. The SMILES string of the molecule is CCCCNC(=O)[C@@H](CC)N(Cc1ccccc1Cl)C(=O)CN(c1ccc(OCC)cc1)S(=O)(=O)c1ccc(C)cc1. The minimum Gasteiger partial charge on any atom is -0.494 e. The van der Waals surface area contributed by atoms with Gasteiger partial charge in [0.25, 0.3) is 10.0 Å². The van der Waals surface area contributed by atoms with Crippen molar-refractivity contribution in [2.75, 3.05) is 24.0 Å². The normalized spacial score (nSPS) is 11.9. The van der Waals surface area contributed by atoms with Gasteiger partial charge in [-0.3, -0.25) is 13.9 Å². The molecular formula is C32H40ClN3O5S. The number of amides is 2. The maximum absolute atomic E-state index is 14.2. The van der Waals surface area contributed by atoms with Crippen LogP contribution in [0.25, 0.3) is 0 Å². The third-order valence-electron chi connectivity index (χ3n) is 6.84. The Morgan fingerprint density at radius 3 is 2.21 bits per heavy atom. The highest BCUT2D eigenvalue weighted by atomic mass is 35.5. The Hall–Kier alpha value is -3.56. The predicted octanol–water partition coefficient (Wildman–Crippen LogP) is 5.97. The van der Waals surface area contributed by atoms with Crippen molar-refractivity contribution in [2.24, 2.45) is 0 Å². The van der Waals surface area contributed by atoms with Gasteiger partial charge >= 0.3 is 0 Å². The third-order valence-corrected chi connectivity index (χ3v) is 8.99. The minimum atomic E-state index is -4.16. The molecule has 0 aliphatic heterocycles. The average Bonchev–Trinajstić information content (AvgIpc) is 2.97. The first-order valence-corrected chi connectivity index (χ1v) is 16.1. The van der Waals surface area contributed by atoms with Crippen LogP contribution in [0.1, 0.15) is 51.2 Å². The first-order chi connectivity index (χ1) is 20.1. The Morgan fingerprint density at radius 2 is 1.62 bits per heavy atom. The van der Waals surface area contributed by atoms with E-state index in [4.69, 9.17) is 16.3 Å². The van der Waals surface area contributed by atoms with Crippen LogP contribution in [0.4, 0.5) is 5.69 Å². The molecule has 1 atom stereocenters. The highest BCUT2D eigenvalue weighted by Crippen LogP contribution is 2.27. The molecule has 0 aliphatic carbocycles. The van der Waals surface area contributed by atoms with Gasteiger partial charge in [-0.2, -0.15) is 0 Å². The van der Waals surface area contributed by atoms with Crippen molar-refractivity contribution in [1.82, 2.24) is 10.2 Å². The molecule has 42 heavy (non-hydrogen) atoms. The quantitative estimate of drug-likeness (QED) is 0.213. The van der Waals surface area contributed by atoms with Crippen molar-refractivity contribution < 1.29 is 22.7 Å². The highest BCUT2D eigenvalue weighted by Gasteiger charge is 2.34. The molecule has 3 rings (SSSR count). The van der Waals surface area contributed by atoms with Crippen LogP contribution < -0.4 is 14.4 Å². The van der Waals surface area contributed by atoms with E-state index in [2.05, 4.69) is 5.32 Å². The van der Waals surface area contributed by atoms with Gasteiger partial charge in [-0.25, -0.2) is 8.42 Å². The van der Waals surface area contributed by atoms with Crippen LogP contribution in [0.2, 0.25) is 5.02 Å². The monoisotopic (exact) mass is 613 g/mol. The number of hydrogen-bond donors (Lipinski definition) is 1. The zero-order valence-electron chi connectivity index (χ0n) is 24.7. The van der Waals surface area contributed by atoms with E-state index in [0.717, 1.165) is 22.7 Å². The van der Waals surface area contributed by atoms with E-state index in [1.54, 1.807) is 60.7 Å². The summed E-state index contributed by atoms with van der Waals surface area (Å²) >= 11 is 6.45. The molecule has 2 amide bonds. The summed E-state index contributed by atoms with van der Waals surface area (Å²) in [7, 11) is -4.16. The van der Waals surface area contributed by atoms with Crippen molar-refractivity contribution in [3.8, 4) is 5.75 Å². The van der Waals surface area contributed by atoms with Gasteiger partial charge in [0, 0.05) is 18.1 Å². The maximum Gasteiger partial charge on any atom is 0.264 e. The molecule has 3 aromatic rings. The first-order valence-electron chi connectivity index (χ1n) is 14.2. The van der Waals surface area contributed by atoms with Gasteiger partial charge < -0.3 is 15.0 Å². The summed E-state index contributed by atoms with van der Waals surface area (Å²) in [6, 6.07) is 19.3. The maximum atomic E-state index is 14.2. The third kappa shape index (κ3) is 8.49. The van der Waals surface area contributed by atoms with Crippen LogP contribution in [0.3, 0.4) is 0 Å². The number of benzene rings is 3. The lowest BCUT2D eigenvalue weighted by Gasteiger charge is -2.33. The smallest absolute Gasteiger partial charge is 0.264 e. The summed E-state index contributed by atoms with van der Waals surface area (Å²) < 4.78 is 34.6. The molecule has 0 saturated heterocycles. The minimum absolute atomic E-state index is 0.0416. The highest BCUT2D eigenvalue weighted by molar-refractivity contribution is 7.92. The molecule has 0 heterocycles. The molecule has 0 aliphatic rings. The van der Waals surface area contributed by atoms with Gasteiger partial charge in [-0.05, 0) is 74.7 Å². The molecule has 0 fully saturated rings. The lowest BCUT2D eigenvalue weighted by molar-refractivity contribution is -0.140. The Balaban J connectivity index is 2.05. The van der Waals surface area contributed by atoms with Crippen molar-refractivity contribution in [3.63, 3.8) is 0 Å². The van der Waals surface area contributed by atoms with E-state index >= 15 is 0 Å². The van der Waals surface area contributed by atoms with Crippen LogP contribution in [0.15, 0.2) is 77.7 Å². The fourth-order valence-electron chi connectivity index (χ4n) is 4.48. The van der Waals surface area contributed by atoms with E-state index < -0.39 is 28.5 Å². The molecule has 0 saturated carbocycles. The van der Waals surface area contributed by atoms with E-state index in [1.807, 2.05) is 27.7 Å². The van der Waals surface area contributed by atoms with Crippen molar-refractivity contribution in [2.45, 2.75) is 64.4 Å². The number of rotatable bonds is 15. The van der Waals surface area contributed by atoms with E-state index in [1.165, 1.54) is 17.0 Å². The number of carbonyl (C=O) groups excluding carboxylic acids is 2. The molecular weight excluding hydrogens is 574 g/mol. The van der Waals surface area contributed by atoms with Crippen molar-refractivity contribution in [3.05, 3.63) is 88.9 Å². The van der Waals surface area contributed by atoms with Crippen LogP contribution in [0.5, 0.6) is 5.75 Å². The zero-order chi connectivity index (χ0) is 30.7. The molecule has 226 valence electrons. The van der Waals surface area contributed by atoms with Crippen LogP contribution >= 0.6 is 11.6 Å². The number of hydrogen-bond acceptors (Lipinski definition) is 5. The summed E-state index contributed by atoms with van der Waals surface area (Å²) in [6.45, 7) is 8.04. The van der Waals surface area contributed by atoms with Gasteiger partial charge in [0.05, 0.1) is 17.2 Å². The largest absolute Gasteiger partial charge is 0.494 e. The van der Waals surface area contributed by atoms with Crippen molar-refractivity contribution >= 4 is 39.1 Å². The van der Waals surface area contributed by atoms with Gasteiger partial charge in [0.1, 0.15) is 18.3 Å². The molecule has 10 heteroatoms. The Bertz CT molecular complexity index is 1430. The summed E-state index contributed by atoms with van der Waals surface area (Å²) in [5.74, 6) is -0.243. The van der Waals surface area contributed by atoms with Crippen molar-refractivity contribution in [1.29, 1.82) is 0 Å². The summed E-state index contributed by atoms with van der Waals surface area (Å²) in [5.41, 5.74) is 1.86. The summed E-state index contributed by atoms with van der Waals surface area (Å²) in [4.78, 5) is 28.9. The van der Waals surface area contributed by atoms with E-state index in [9.17, 15) is 18.0 Å². The van der Waals surface area contributed by atoms with Crippen LogP contribution in [-0.2, 0) is 26.2 Å². The first kappa shape index (κ1) is 32.9. The molecule has 0 aromatic heterocycles. The second kappa shape index (κ2) is 15.6. The molecule has 8 nitrogen and oxygen atoms in total. The van der Waals surface area contributed by atoms with Gasteiger partial charge in [0.15, 0.2) is 0 Å².